The van der Waals surface area contributed by atoms with E-state index >= 15 is 0 Å². The van der Waals surface area contributed by atoms with Crippen LogP contribution in [0.1, 0.15) is 22.3 Å². The topological polar surface area (TPSA) is 57.7 Å². The summed E-state index contributed by atoms with van der Waals surface area (Å²) >= 11 is 0. The molecule has 1 heterocycles. The Balaban J connectivity index is 3.51. The Hall–Kier alpha value is -2.13. The molecule has 0 aliphatic heterocycles. The first-order valence-electron chi connectivity index (χ1n) is 4.90. The van der Waals surface area contributed by atoms with Gasteiger partial charge < -0.3 is 14.2 Å². The van der Waals surface area contributed by atoms with Gasteiger partial charge in [-0.25, -0.2) is 18.6 Å². The number of aromatic nitrogens is 1. The van der Waals surface area contributed by atoms with E-state index in [1.165, 1.54) is 0 Å². The SMILES string of the molecule is COC(=O)c1c(OC)cnc(OC(F)(F)F)c1C(F)F. The third-order valence-electron chi connectivity index (χ3n) is 2.09. The quantitative estimate of drug-likeness (QED) is 0.632. The first-order chi connectivity index (χ1) is 9.21. The average molecular weight is 301 g/mol. The van der Waals surface area contributed by atoms with E-state index in [0.717, 1.165) is 14.2 Å². The number of pyridine rings is 1. The Kier molecular flexibility index (Phi) is 4.69. The molecule has 0 atom stereocenters. The van der Waals surface area contributed by atoms with Crippen molar-refractivity contribution in [1.29, 1.82) is 0 Å². The van der Waals surface area contributed by atoms with E-state index in [2.05, 4.69) is 19.2 Å². The molecule has 0 saturated heterocycles. The minimum Gasteiger partial charge on any atom is -0.494 e. The van der Waals surface area contributed by atoms with Gasteiger partial charge in [-0.15, -0.1) is 13.2 Å². The Morgan fingerprint density at radius 1 is 1.30 bits per heavy atom. The normalized spacial score (nSPS) is 11.4. The van der Waals surface area contributed by atoms with Gasteiger partial charge in [0.2, 0.25) is 5.88 Å². The summed E-state index contributed by atoms with van der Waals surface area (Å²) in [5.41, 5.74) is -2.23. The van der Waals surface area contributed by atoms with Crippen molar-refractivity contribution in [2.24, 2.45) is 0 Å². The van der Waals surface area contributed by atoms with Crippen LogP contribution in [-0.2, 0) is 4.74 Å². The van der Waals surface area contributed by atoms with Gasteiger partial charge in [0, 0.05) is 0 Å². The lowest BCUT2D eigenvalue weighted by Gasteiger charge is -2.16. The molecule has 0 aliphatic rings. The maximum atomic E-state index is 12.9. The minimum absolute atomic E-state index is 0.457. The molecule has 0 radical (unpaired) electrons. The third-order valence-corrected chi connectivity index (χ3v) is 2.09. The van der Waals surface area contributed by atoms with E-state index in [9.17, 15) is 26.7 Å². The number of ether oxygens (including phenoxy) is 3. The fraction of sp³-hybridized carbons (Fsp3) is 0.400. The van der Waals surface area contributed by atoms with Gasteiger partial charge in [-0.2, -0.15) is 0 Å². The third kappa shape index (κ3) is 3.45. The predicted molar refractivity (Wildman–Crippen MR) is 53.8 cm³/mol. The largest absolute Gasteiger partial charge is 0.574 e. The summed E-state index contributed by atoms with van der Waals surface area (Å²) in [5, 5.41) is 0. The molecule has 5 nitrogen and oxygen atoms in total. The van der Waals surface area contributed by atoms with E-state index < -0.39 is 41.5 Å². The first-order valence-corrected chi connectivity index (χ1v) is 4.90. The highest BCUT2D eigenvalue weighted by atomic mass is 19.4. The number of carbonyl (C=O) groups is 1. The van der Waals surface area contributed by atoms with Crippen molar-refractivity contribution < 1.29 is 41.0 Å². The van der Waals surface area contributed by atoms with Gasteiger partial charge in [0.1, 0.15) is 5.56 Å². The van der Waals surface area contributed by atoms with Crippen LogP contribution in [0.2, 0.25) is 0 Å². The summed E-state index contributed by atoms with van der Waals surface area (Å²) in [6, 6.07) is 0. The minimum atomic E-state index is -5.24. The van der Waals surface area contributed by atoms with Crippen molar-refractivity contribution in [2.45, 2.75) is 12.8 Å². The molecule has 0 spiro atoms. The van der Waals surface area contributed by atoms with Gasteiger partial charge in [0.25, 0.3) is 6.43 Å². The summed E-state index contributed by atoms with van der Waals surface area (Å²) in [6.45, 7) is 0. The van der Waals surface area contributed by atoms with Crippen LogP contribution in [0.3, 0.4) is 0 Å². The van der Waals surface area contributed by atoms with E-state index in [4.69, 9.17) is 0 Å². The van der Waals surface area contributed by atoms with Crippen molar-refractivity contribution in [3.05, 3.63) is 17.3 Å². The van der Waals surface area contributed by atoms with Crippen LogP contribution in [0.15, 0.2) is 6.20 Å². The molecule has 0 bridgehead atoms. The Labute approximate surface area is 109 Å². The Morgan fingerprint density at radius 2 is 1.90 bits per heavy atom. The van der Waals surface area contributed by atoms with Crippen LogP contribution in [-0.4, -0.2) is 31.5 Å². The van der Waals surface area contributed by atoms with E-state index in [1.807, 2.05) is 0 Å². The van der Waals surface area contributed by atoms with Gasteiger partial charge >= 0.3 is 12.3 Å². The number of methoxy groups -OCH3 is 2. The summed E-state index contributed by atoms with van der Waals surface area (Å²) in [4.78, 5) is 14.5. The zero-order valence-corrected chi connectivity index (χ0v) is 10.1. The number of esters is 1. The van der Waals surface area contributed by atoms with E-state index in [-0.39, 0.29) is 0 Å². The summed E-state index contributed by atoms with van der Waals surface area (Å²) in [7, 11) is 1.91. The molecule has 1 aromatic heterocycles. The highest BCUT2D eigenvalue weighted by molar-refractivity contribution is 5.94. The Morgan fingerprint density at radius 3 is 2.30 bits per heavy atom. The molecule has 1 rings (SSSR count). The fourth-order valence-electron chi connectivity index (χ4n) is 1.35. The maximum absolute atomic E-state index is 12.9. The molecule has 0 aromatic carbocycles. The molecule has 0 unspecified atom stereocenters. The second kappa shape index (κ2) is 5.88. The molecule has 0 fully saturated rings. The maximum Gasteiger partial charge on any atom is 0.574 e. The number of hydrogen-bond donors (Lipinski definition) is 0. The number of hydrogen-bond acceptors (Lipinski definition) is 5. The molecular weight excluding hydrogens is 293 g/mol. The average Bonchev–Trinajstić information content (AvgIpc) is 2.34. The first kappa shape index (κ1) is 15.9. The molecule has 0 aliphatic carbocycles. The van der Waals surface area contributed by atoms with Gasteiger partial charge in [0.05, 0.1) is 26.0 Å². The lowest BCUT2D eigenvalue weighted by Crippen LogP contribution is -2.21. The lowest BCUT2D eigenvalue weighted by molar-refractivity contribution is -0.276. The molecule has 20 heavy (non-hydrogen) atoms. The number of rotatable bonds is 4. The van der Waals surface area contributed by atoms with E-state index in [0.29, 0.717) is 6.20 Å². The van der Waals surface area contributed by atoms with Crippen LogP contribution in [0.25, 0.3) is 0 Å². The van der Waals surface area contributed by atoms with Crippen LogP contribution >= 0.6 is 0 Å². The number of carbonyl (C=O) groups excluding carboxylic acids is 1. The van der Waals surface area contributed by atoms with Crippen LogP contribution in [0, 0.1) is 0 Å². The van der Waals surface area contributed by atoms with Gasteiger partial charge in [0.15, 0.2) is 5.75 Å². The monoisotopic (exact) mass is 301 g/mol. The second-order valence-electron chi connectivity index (χ2n) is 3.26. The highest BCUT2D eigenvalue weighted by Crippen LogP contribution is 2.38. The van der Waals surface area contributed by atoms with Crippen molar-refractivity contribution >= 4 is 5.97 Å². The van der Waals surface area contributed by atoms with E-state index in [1.54, 1.807) is 0 Å². The molecule has 0 N–H and O–H groups in total. The number of halogens is 5. The molecule has 0 saturated carbocycles. The smallest absolute Gasteiger partial charge is 0.494 e. The molecule has 1 aromatic rings. The predicted octanol–water partition coefficient (Wildman–Crippen LogP) is 2.71. The highest BCUT2D eigenvalue weighted by Gasteiger charge is 2.37. The van der Waals surface area contributed by atoms with Gasteiger partial charge in [-0.05, 0) is 0 Å². The zero-order valence-electron chi connectivity index (χ0n) is 10.1. The number of alkyl halides is 5. The fourth-order valence-corrected chi connectivity index (χ4v) is 1.35. The standard InChI is InChI=1S/C10H8F5NO4/c1-18-4-3-16-8(20-10(13,14)15)6(7(11)12)5(4)9(17)19-2/h3,7H,1-2H3. The van der Waals surface area contributed by atoms with Crippen LogP contribution in [0.4, 0.5) is 22.0 Å². The summed E-state index contributed by atoms with van der Waals surface area (Å²) in [5.74, 6) is -3.19. The van der Waals surface area contributed by atoms with Crippen molar-refractivity contribution in [3.8, 4) is 11.6 Å². The summed E-state index contributed by atoms with van der Waals surface area (Å²) < 4.78 is 74.5. The van der Waals surface area contributed by atoms with Crippen LogP contribution < -0.4 is 9.47 Å². The molecule has 112 valence electrons. The van der Waals surface area contributed by atoms with Crippen LogP contribution in [0.5, 0.6) is 11.6 Å². The summed E-state index contributed by atoms with van der Waals surface area (Å²) in [6.07, 6.45) is -8.04. The molecular formula is C10H8F5NO4. The van der Waals surface area contributed by atoms with Crippen molar-refractivity contribution in [1.82, 2.24) is 4.98 Å². The Bertz CT molecular complexity index is 503. The van der Waals surface area contributed by atoms with Crippen molar-refractivity contribution in [2.75, 3.05) is 14.2 Å². The van der Waals surface area contributed by atoms with Crippen molar-refractivity contribution in [3.63, 3.8) is 0 Å². The number of nitrogens with zero attached hydrogens (tertiary/aromatic N) is 1. The zero-order chi connectivity index (χ0) is 15.5. The van der Waals surface area contributed by atoms with Gasteiger partial charge in [-0.3, -0.25) is 0 Å². The van der Waals surface area contributed by atoms with Gasteiger partial charge in [-0.1, -0.05) is 0 Å². The second-order valence-corrected chi connectivity index (χ2v) is 3.26. The molecule has 10 heteroatoms. The molecule has 0 amide bonds. The lowest BCUT2D eigenvalue weighted by atomic mass is 10.1.